The first-order valence-corrected chi connectivity index (χ1v) is 44.0. The lowest BCUT2D eigenvalue weighted by molar-refractivity contribution is -0.138. The first-order valence-electron chi connectivity index (χ1n) is 42.8. The van der Waals surface area contributed by atoms with E-state index in [-0.39, 0.29) is 58.2 Å². The van der Waals surface area contributed by atoms with Crippen molar-refractivity contribution in [3.05, 3.63) is 203 Å². The number of nitrogens with one attached hydrogen (secondary N) is 5. The summed E-state index contributed by atoms with van der Waals surface area (Å²) in [4.78, 5) is 97.5. The Morgan fingerprint density at radius 1 is 0.447 bits per heavy atom. The number of amides is 5. The Morgan fingerprint density at radius 2 is 0.856 bits per heavy atom. The molecule has 6 aliphatic rings. The van der Waals surface area contributed by atoms with Gasteiger partial charge in [-0.25, -0.2) is 24.9 Å². The molecule has 0 saturated carbocycles. The van der Waals surface area contributed by atoms with Crippen molar-refractivity contribution in [1.29, 1.82) is 0 Å². The summed E-state index contributed by atoms with van der Waals surface area (Å²) >= 11 is 7.01. The molecule has 10 aromatic rings. The molecule has 14 heterocycles. The first-order chi connectivity index (χ1) is 62.2. The minimum absolute atomic E-state index is 0.0104. The average Bonchev–Trinajstić information content (AvgIpc) is 1.75. The number of halogens is 13. The molecule has 0 unspecified atom stereocenters. The Balaban J connectivity index is 0.000000150. The van der Waals surface area contributed by atoms with Crippen molar-refractivity contribution in [3.8, 4) is 11.4 Å². The molecule has 41 heteroatoms. The minimum Gasteiger partial charge on any atom is -0.381 e. The largest absolute Gasteiger partial charge is 0.417 e. The van der Waals surface area contributed by atoms with Crippen LogP contribution in [0.4, 0.5) is 104 Å². The van der Waals surface area contributed by atoms with Crippen molar-refractivity contribution < 1.29 is 90.4 Å². The van der Waals surface area contributed by atoms with Crippen molar-refractivity contribution in [2.75, 3.05) is 92.1 Å². The van der Waals surface area contributed by atoms with Gasteiger partial charge >= 0.3 is 24.7 Å². The maximum atomic E-state index is 13.1. The van der Waals surface area contributed by atoms with E-state index in [1.165, 1.54) is 18.2 Å². The third-order valence-corrected chi connectivity index (χ3v) is 24.5. The van der Waals surface area contributed by atoms with Gasteiger partial charge in [-0.3, -0.25) is 34.2 Å². The van der Waals surface area contributed by atoms with Crippen LogP contribution in [-0.2, 0) is 64.2 Å². The van der Waals surface area contributed by atoms with Gasteiger partial charge in [0.1, 0.15) is 63.3 Å². The van der Waals surface area contributed by atoms with Gasteiger partial charge in [0.05, 0.1) is 28.3 Å². The molecule has 16 rings (SSSR count). The molecule has 6 fully saturated rings. The van der Waals surface area contributed by atoms with E-state index in [1.807, 2.05) is 100 Å². The summed E-state index contributed by atoms with van der Waals surface area (Å²) < 4.78 is 173. The number of aryl methyl sites for hydroxylation is 1. The van der Waals surface area contributed by atoms with E-state index in [4.69, 9.17) is 25.4 Å². The van der Waals surface area contributed by atoms with Crippen LogP contribution < -0.4 is 46.2 Å². The number of carbonyl (C=O) groups excluding carboxylic acids is 5. The van der Waals surface area contributed by atoms with Crippen LogP contribution in [0.25, 0.3) is 11.4 Å². The molecule has 27 nitrogen and oxygen atoms in total. The number of alkyl halides is 12. The number of hydrogen-bond acceptors (Lipinski definition) is 23. The van der Waals surface area contributed by atoms with Crippen molar-refractivity contribution in [2.45, 2.75) is 217 Å². The number of rotatable bonds is 16. The molecule has 5 amide bonds. The van der Waals surface area contributed by atoms with Crippen molar-refractivity contribution in [3.63, 3.8) is 0 Å². The molecule has 132 heavy (non-hydrogen) atoms. The summed E-state index contributed by atoms with van der Waals surface area (Å²) in [5.74, 6) is 3.05. The number of likely N-dealkylation sites (tertiary alicyclic amines) is 1. The number of hydrogen-bond donors (Lipinski definition) is 5. The topological polar surface area (TPSA) is 313 Å². The fourth-order valence-electron chi connectivity index (χ4n) is 16.0. The van der Waals surface area contributed by atoms with Gasteiger partial charge in [0.15, 0.2) is 17.5 Å². The SMILES string of the molecule is CC(C)(C)c1cc(NC(=O)[C@@H]2CCCN2C2CCOCC2)no1.CC(C)(C)c1cc(NC(=O)[C@]2(C)CCCN2c2ccc(C(F)(F)F)cn2)no1.C[C@@]1(C(=O)Nc2ccc(C(F)(F)F)cn2)CCCN1c1ccc(C(F)(F)F)cn1.C[C@@]1(C(=O)Nc2nc(-c3ccccc3)ns2)CCCN1c1ccc(C(F)(F)F)cn1.Cc1ccc(NC(=O)[C@@H]2CCCN2c2ccc(Cl)cc2)nc1. The number of ether oxygens (including phenoxy) is 1. The number of aromatic nitrogens is 9. The lowest BCUT2D eigenvalue weighted by atomic mass is 9.93. The highest BCUT2D eigenvalue weighted by Crippen LogP contribution is 2.42. The van der Waals surface area contributed by atoms with Gasteiger partial charge in [0.25, 0.3) is 17.7 Å². The van der Waals surface area contributed by atoms with E-state index in [0.29, 0.717) is 115 Å². The maximum Gasteiger partial charge on any atom is 0.417 e. The number of benzene rings is 2. The minimum atomic E-state index is -4.54. The van der Waals surface area contributed by atoms with Crippen LogP contribution in [0, 0.1) is 6.92 Å². The molecule has 0 radical (unpaired) electrons. The molecule has 6 aliphatic heterocycles. The molecule has 6 saturated heterocycles. The Morgan fingerprint density at radius 3 is 1.29 bits per heavy atom. The van der Waals surface area contributed by atoms with Gasteiger partial charge in [-0.2, -0.15) is 62.0 Å². The zero-order valence-electron chi connectivity index (χ0n) is 74.0. The number of pyridine rings is 5. The van der Waals surface area contributed by atoms with Gasteiger partial charge in [0.2, 0.25) is 16.9 Å². The Labute approximate surface area is 763 Å². The fraction of sp³-hybridized carbons (Fsp3) is 0.451. The summed E-state index contributed by atoms with van der Waals surface area (Å²) in [7, 11) is 0. The predicted octanol–water partition coefficient (Wildman–Crippen LogP) is 19.7. The maximum absolute atomic E-state index is 13.1. The Hall–Kier alpha value is -11.9. The molecule has 0 bridgehead atoms. The third-order valence-electron chi connectivity index (χ3n) is 23.6. The summed E-state index contributed by atoms with van der Waals surface area (Å²) in [6.07, 6.45) is -3.94. The third kappa shape index (κ3) is 24.7. The van der Waals surface area contributed by atoms with Crippen LogP contribution in [0.3, 0.4) is 0 Å². The van der Waals surface area contributed by atoms with E-state index in [0.717, 1.165) is 155 Å². The summed E-state index contributed by atoms with van der Waals surface area (Å²) in [6.45, 7) is 24.1. The number of anilines is 9. The van der Waals surface area contributed by atoms with E-state index in [2.05, 4.69) is 102 Å². The zero-order valence-corrected chi connectivity index (χ0v) is 75.6. The smallest absolute Gasteiger partial charge is 0.381 e. The molecule has 2 aromatic carbocycles. The lowest BCUT2D eigenvalue weighted by Gasteiger charge is -2.34. The van der Waals surface area contributed by atoms with Crippen LogP contribution in [0.2, 0.25) is 5.02 Å². The van der Waals surface area contributed by atoms with E-state index >= 15 is 0 Å². The lowest BCUT2D eigenvalue weighted by Crippen LogP contribution is -2.51. The summed E-state index contributed by atoms with van der Waals surface area (Å²) in [5.41, 5.74) is -3.95. The van der Waals surface area contributed by atoms with Crippen LogP contribution >= 0.6 is 23.1 Å². The highest BCUT2D eigenvalue weighted by molar-refractivity contribution is 7.10. The number of carbonyl (C=O) groups is 5. The second-order valence-electron chi connectivity index (χ2n) is 35.3. The summed E-state index contributed by atoms with van der Waals surface area (Å²) in [6, 6.07) is 33.0. The van der Waals surface area contributed by atoms with E-state index in [1.54, 1.807) is 47.7 Å². The normalized spacial score (nSPS) is 20.2. The van der Waals surface area contributed by atoms with Gasteiger partial charge in [0, 0.05) is 127 Å². The molecule has 5 atom stereocenters. The van der Waals surface area contributed by atoms with Gasteiger partial charge < -0.3 is 54.6 Å². The van der Waals surface area contributed by atoms with Crippen LogP contribution in [0.15, 0.2) is 167 Å². The highest BCUT2D eigenvalue weighted by atomic mass is 35.5. The second-order valence-corrected chi connectivity index (χ2v) is 36.5. The van der Waals surface area contributed by atoms with Crippen molar-refractivity contribution in [2.24, 2.45) is 0 Å². The molecule has 706 valence electrons. The highest BCUT2D eigenvalue weighted by Gasteiger charge is 2.49. The predicted molar refractivity (Wildman–Crippen MR) is 475 cm³/mol. The average molecular weight is 1890 g/mol. The van der Waals surface area contributed by atoms with Gasteiger partial charge in [-0.15, -0.1) is 0 Å². The van der Waals surface area contributed by atoms with Crippen molar-refractivity contribution in [1.82, 2.24) is 49.5 Å². The summed E-state index contributed by atoms with van der Waals surface area (Å²) in [5, 5.41) is 22.8. The molecule has 0 spiro atoms. The molecular formula is C91H102ClF12N19O8S. The quantitative estimate of drug-likeness (QED) is 0.0561. The Kier molecular flexibility index (Phi) is 30.8. The van der Waals surface area contributed by atoms with Gasteiger partial charge in [-0.05, 0) is 196 Å². The van der Waals surface area contributed by atoms with E-state index < -0.39 is 69.5 Å². The Bertz CT molecular complexity index is 5550. The van der Waals surface area contributed by atoms with Crippen LogP contribution in [0.5, 0.6) is 0 Å². The van der Waals surface area contributed by atoms with Crippen LogP contribution in [-0.4, -0.2) is 160 Å². The molecule has 8 aromatic heterocycles. The molecule has 0 aliphatic carbocycles. The zero-order chi connectivity index (χ0) is 95.5. The van der Waals surface area contributed by atoms with Crippen LogP contribution in [0.1, 0.15) is 179 Å². The monoisotopic (exact) mass is 1880 g/mol. The van der Waals surface area contributed by atoms with Gasteiger partial charge in [-0.1, -0.05) is 99.9 Å². The molecular weight excluding hydrogens is 1780 g/mol. The first kappa shape index (κ1) is 99.1. The van der Waals surface area contributed by atoms with E-state index in [9.17, 15) is 76.7 Å². The second kappa shape index (κ2) is 41.1. The fourth-order valence-corrected chi connectivity index (χ4v) is 16.7. The molecule has 5 N–H and O–H groups in total. The number of nitrogens with zero attached hydrogens (tertiary/aromatic N) is 14. The van der Waals surface area contributed by atoms with Crippen molar-refractivity contribution >= 4 is 104 Å². The standard InChI is InChI=1S/C20H18F3N5OS.C19H23F3N4O2.C18H16F6N4O.C17H18ClN3O.C17H27N3O3/c1-19(10-5-11-28(19)15-9-8-14(12-24-15)20(21,22)23)17(29)26-18-25-16(27-30-18)13-6-3-2-4-7-13;1-17(2,3)13-10-14(25-28-13)24-16(27)18(4)8-5-9-26(18)15-7-6-12(11-23-15)19(20,21)22;1-16(15(29)27-13-5-3-11(9-25-13)17(19,20)21)7-2-8-28(16)14-6-4-12(10-26-14)18(22,23)24;1-12-4-9-16(19-11-12)20-17(22)15-3-2-10-21(15)14-7-5-13(18)6-8-14;1-17(2,3)14-11-15(19-23-14)18-16(21)13-5-4-8-20(13)12-6-9-22-10-7-12/h2-4,6-9,12H,5,10-11H2,1H3,(H,25,26,27,29);6-7,10-11H,5,8-9H2,1-4H3,(H,24,25,27);3-6,9-10H,2,7-8H2,1H3,(H,25,27,29);4-9,11,15H,2-3,10H2,1H3,(H,19,20,22);11-13H,4-10H2,1-3H3,(H,18,19,21)/t19-;18-;16-;15-;13-/m00000/s1.